The summed E-state index contributed by atoms with van der Waals surface area (Å²) < 4.78 is 6.22. The number of H-pyrrole nitrogens is 1. The number of ether oxygens (including phenoxy) is 1. The van der Waals surface area contributed by atoms with Crippen LogP contribution in [-0.2, 0) is 6.42 Å². The van der Waals surface area contributed by atoms with E-state index in [2.05, 4.69) is 27.0 Å². The molecule has 1 saturated heterocycles. The summed E-state index contributed by atoms with van der Waals surface area (Å²) in [6.45, 7) is 1.60. The Morgan fingerprint density at radius 2 is 2.05 bits per heavy atom. The third-order valence-electron chi connectivity index (χ3n) is 4.47. The van der Waals surface area contributed by atoms with Gasteiger partial charge in [-0.25, -0.2) is 4.98 Å². The summed E-state index contributed by atoms with van der Waals surface area (Å²) in [5.74, 6) is 1.53. The number of piperidine rings is 1. The van der Waals surface area contributed by atoms with Gasteiger partial charge in [-0.05, 0) is 11.6 Å². The van der Waals surface area contributed by atoms with Gasteiger partial charge in [0.25, 0.3) is 5.56 Å². The maximum atomic E-state index is 11.8. The van der Waals surface area contributed by atoms with E-state index in [1.807, 2.05) is 12.1 Å². The molecule has 21 heavy (non-hydrogen) atoms. The fourth-order valence-electron chi connectivity index (χ4n) is 3.34. The molecule has 0 atom stereocenters. The highest BCUT2D eigenvalue weighted by Crippen LogP contribution is 2.40. The summed E-state index contributed by atoms with van der Waals surface area (Å²) in [5.41, 5.74) is 1.08. The van der Waals surface area contributed by atoms with Gasteiger partial charge in [0.1, 0.15) is 11.4 Å². The van der Waals surface area contributed by atoms with Gasteiger partial charge in [-0.3, -0.25) is 4.79 Å². The number of hydrogen-bond donors (Lipinski definition) is 1. The van der Waals surface area contributed by atoms with E-state index in [0.717, 1.165) is 38.1 Å². The van der Waals surface area contributed by atoms with E-state index < -0.39 is 0 Å². The van der Waals surface area contributed by atoms with E-state index in [1.165, 1.54) is 5.56 Å². The van der Waals surface area contributed by atoms with Crippen LogP contribution in [0.25, 0.3) is 0 Å². The molecular weight excluding hydrogens is 266 g/mol. The van der Waals surface area contributed by atoms with Crippen LogP contribution >= 0.6 is 0 Å². The van der Waals surface area contributed by atoms with Crippen LogP contribution in [-0.4, -0.2) is 28.7 Å². The molecule has 5 nitrogen and oxygen atoms in total. The first kappa shape index (κ1) is 12.4. The second kappa shape index (κ2) is 4.62. The molecule has 1 N–H and O–H groups in total. The molecule has 1 fully saturated rings. The number of aromatic amines is 1. The van der Waals surface area contributed by atoms with Crippen molar-refractivity contribution in [2.24, 2.45) is 0 Å². The average molecular weight is 283 g/mol. The van der Waals surface area contributed by atoms with E-state index in [9.17, 15) is 4.79 Å². The third kappa shape index (κ3) is 2.09. The van der Waals surface area contributed by atoms with Crippen molar-refractivity contribution in [1.82, 2.24) is 9.97 Å². The highest BCUT2D eigenvalue weighted by molar-refractivity contribution is 5.41. The highest BCUT2D eigenvalue weighted by atomic mass is 16.5. The molecule has 1 spiro atoms. The van der Waals surface area contributed by atoms with Gasteiger partial charge in [-0.15, -0.1) is 0 Å². The van der Waals surface area contributed by atoms with E-state index in [4.69, 9.17) is 4.74 Å². The molecule has 1 aromatic heterocycles. The monoisotopic (exact) mass is 283 g/mol. The normalized spacial score (nSPS) is 19.3. The Balaban J connectivity index is 1.51. The lowest BCUT2D eigenvalue weighted by molar-refractivity contribution is 0.0666. The van der Waals surface area contributed by atoms with Crippen molar-refractivity contribution in [1.29, 1.82) is 0 Å². The van der Waals surface area contributed by atoms with Crippen LogP contribution in [0.15, 0.2) is 41.5 Å². The molecule has 1 aromatic carbocycles. The predicted molar refractivity (Wildman–Crippen MR) is 79.8 cm³/mol. The van der Waals surface area contributed by atoms with Gasteiger partial charge >= 0.3 is 0 Å². The molecule has 2 aromatic rings. The van der Waals surface area contributed by atoms with Crippen LogP contribution in [0.4, 0.5) is 5.82 Å². The minimum absolute atomic E-state index is 0.0955. The first-order valence-corrected chi connectivity index (χ1v) is 7.31. The van der Waals surface area contributed by atoms with Crippen molar-refractivity contribution in [3.05, 3.63) is 52.6 Å². The predicted octanol–water partition coefficient (Wildman–Crippen LogP) is 1.74. The number of para-hydroxylation sites is 1. The second-order valence-electron chi connectivity index (χ2n) is 5.80. The summed E-state index contributed by atoms with van der Waals surface area (Å²) in [5, 5.41) is 0. The van der Waals surface area contributed by atoms with Crippen molar-refractivity contribution in [2.45, 2.75) is 24.9 Å². The third-order valence-corrected chi connectivity index (χ3v) is 4.47. The Kier molecular flexibility index (Phi) is 2.74. The zero-order valence-corrected chi connectivity index (χ0v) is 11.7. The number of nitrogens with one attached hydrogen (secondary N) is 1. The molecule has 0 aliphatic carbocycles. The molecule has 2 aliphatic rings. The SMILES string of the molecule is O=c1[nH]ccnc1N1CCC2(CC1)Cc1ccccc1O2. The van der Waals surface area contributed by atoms with E-state index in [0.29, 0.717) is 5.82 Å². The molecule has 0 bridgehead atoms. The molecule has 108 valence electrons. The molecule has 4 rings (SSSR count). The standard InChI is InChI=1S/C16H17N3O2/c20-15-14(17-7-8-18-15)19-9-5-16(6-10-19)11-12-3-1-2-4-13(12)21-16/h1-4,7-8H,5-6,9-11H2,(H,18,20). The number of rotatable bonds is 1. The van der Waals surface area contributed by atoms with Gasteiger partial charge < -0.3 is 14.6 Å². The summed E-state index contributed by atoms with van der Waals surface area (Å²) in [7, 11) is 0. The van der Waals surface area contributed by atoms with Crippen molar-refractivity contribution in [2.75, 3.05) is 18.0 Å². The zero-order chi connectivity index (χ0) is 14.3. The van der Waals surface area contributed by atoms with Crippen LogP contribution in [0.2, 0.25) is 0 Å². The minimum Gasteiger partial charge on any atom is -0.487 e. The summed E-state index contributed by atoms with van der Waals surface area (Å²) in [6, 6.07) is 8.25. The lowest BCUT2D eigenvalue weighted by Crippen LogP contribution is -2.48. The van der Waals surface area contributed by atoms with Crippen molar-refractivity contribution in [3.63, 3.8) is 0 Å². The number of aromatic nitrogens is 2. The van der Waals surface area contributed by atoms with Crippen LogP contribution in [0.3, 0.4) is 0 Å². The number of hydrogen-bond acceptors (Lipinski definition) is 4. The maximum Gasteiger partial charge on any atom is 0.290 e. The summed E-state index contributed by atoms with van der Waals surface area (Å²) in [4.78, 5) is 20.8. The Morgan fingerprint density at radius 3 is 2.81 bits per heavy atom. The van der Waals surface area contributed by atoms with Gasteiger partial charge in [0.05, 0.1) is 0 Å². The van der Waals surface area contributed by atoms with Crippen molar-refractivity contribution in [3.8, 4) is 5.75 Å². The minimum atomic E-state index is -0.121. The number of benzene rings is 1. The van der Waals surface area contributed by atoms with Gasteiger partial charge in [-0.2, -0.15) is 0 Å². The summed E-state index contributed by atoms with van der Waals surface area (Å²) in [6.07, 6.45) is 5.99. The van der Waals surface area contributed by atoms with Gasteiger partial charge in [-0.1, -0.05) is 18.2 Å². The van der Waals surface area contributed by atoms with Crippen molar-refractivity contribution >= 4 is 5.82 Å². The van der Waals surface area contributed by atoms with Crippen molar-refractivity contribution < 1.29 is 4.74 Å². The van der Waals surface area contributed by atoms with E-state index in [1.54, 1.807) is 12.4 Å². The van der Waals surface area contributed by atoms with Gasteiger partial charge in [0.15, 0.2) is 5.82 Å². The molecule has 3 heterocycles. The smallest absolute Gasteiger partial charge is 0.290 e. The highest BCUT2D eigenvalue weighted by Gasteiger charge is 2.42. The Bertz CT molecular complexity index is 690. The molecule has 5 heteroatoms. The molecule has 0 saturated carbocycles. The van der Waals surface area contributed by atoms with Crippen LogP contribution in [0.5, 0.6) is 5.75 Å². The molecule has 0 radical (unpaired) electrons. The lowest BCUT2D eigenvalue weighted by Gasteiger charge is -2.38. The van der Waals surface area contributed by atoms with Gasteiger partial charge in [0.2, 0.25) is 0 Å². The Labute approximate surface area is 122 Å². The summed E-state index contributed by atoms with van der Waals surface area (Å²) >= 11 is 0. The molecule has 0 amide bonds. The number of fused-ring (bicyclic) bond motifs is 1. The molecule has 2 aliphatic heterocycles. The van der Waals surface area contributed by atoms with E-state index >= 15 is 0 Å². The largest absolute Gasteiger partial charge is 0.487 e. The number of nitrogens with zero attached hydrogens (tertiary/aromatic N) is 2. The Morgan fingerprint density at radius 1 is 1.24 bits per heavy atom. The van der Waals surface area contributed by atoms with Crippen LogP contribution in [0.1, 0.15) is 18.4 Å². The Hall–Kier alpha value is -2.30. The van der Waals surface area contributed by atoms with Crippen LogP contribution in [0, 0.1) is 0 Å². The van der Waals surface area contributed by atoms with E-state index in [-0.39, 0.29) is 11.2 Å². The molecular formula is C16H17N3O2. The fourth-order valence-corrected chi connectivity index (χ4v) is 3.34. The maximum absolute atomic E-state index is 11.8. The van der Waals surface area contributed by atoms with Gasteiger partial charge in [0, 0.05) is 44.7 Å². The lowest BCUT2D eigenvalue weighted by atomic mass is 9.87. The fraction of sp³-hybridized carbons (Fsp3) is 0.375. The quantitative estimate of drug-likeness (QED) is 0.866. The molecule has 0 unspecified atom stereocenters. The van der Waals surface area contributed by atoms with Crippen LogP contribution < -0.4 is 15.2 Å². The zero-order valence-electron chi connectivity index (χ0n) is 11.7. The average Bonchev–Trinajstić information content (AvgIpc) is 2.86. The number of anilines is 1. The second-order valence-corrected chi connectivity index (χ2v) is 5.80. The first-order valence-electron chi connectivity index (χ1n) is 7.31. The topological polar surface area (TPSA) is 58.2 Å². The first-order chi connectivity index (χ1) is 10.3.